The van der Waals surface area contributed by atoms with Crippen LogP contribution in [0.2, 0.25) is 0 Å². The van der Waals surface area contributed by atoms with E-state index in [-0.39, 0.29) is 30.3 Å². The zero-order chi connectivity index (χ0) is 29.6. The van der Waals surface area contributed by atoms with E-state index in [0.29, 0.717) is 28.3 Å². The fourth-order valence-electron chi connectivity index (χ4n) is 3.91. The van der Waals surface area contributed by atoms with Gasteiger partial charge in [-0.3, -0.25) is 9.52 Å². The number of anilines is 3. The Kier molecular flexibility index (Phi) is 9.17. The van der Waals surface area contributed by atoms with Gasteiger partial charge in [-0.05, 0) is 73.2 Å². The van der Waals surface area contributed by atoms with Gasteiger partial charge in [0.15, 0.2) is 5.78 Å². The highest BCUT2D eigenvalue weighted by Gasteiger charge is 2.18. The van der Waals surface area contributed by atoms with Gasteiger partial charge in [-0.2, -0.15) is 5.21 Å². The van der Waals surface area contributed by atoms with Crippen LogP contribution in [0, 0.1) is 4.77 Å². The number of aromatic nitrogens is 4. The minimum absolute atomic E-state index is 0.0890. The number of sulfonamides is 1. The number of hydrogen-bond acceptors (Lipinski definition) is 10. The molecule has 0 spiro atoms. The van der Waals surface area contributed by atoms with E-state index in [1.165, 1.54) is 18.2 Å². The number of aromatic hydroxyl groups is 1. The van der Waals surface area contributed by atoms with E-state index < -0.39 is 15.8 Å². The molecule has 4 N–H and O–H groups in total. The van der Waals surface area contributed by atoms with Gasteiger partial charge in [-0.25, -0.2) is 13.1 Å². The smallest absolute Gasteiger partial charge is 0.242 e. The Labute approximate surface area is 242 Å². The van der Waals surface area contributed by atoms with E-state index in [0.717, 1.165) is 17.6 Å². The van der Waals surface area contributed by atoms with Crippen molar-refractivity contribution in [1.82, 2.24) is 20.2 Å². The zero-order valence-electron chi connectivity index (χ0n) is 22.4. The summed E-state index contributed by atoms with van der Waals surface area (Å²) in [5.74, 6) is -0.638. The lowest BCUT2D eigenvalue weighted by Crippen LogP contribution is -2.27. The molecule has 0 aliphatic carbocycles. The predicted molar refractivity (Wildman–Crippen MR) is 160 cm³/mol. The summed E-state index contributed by atoms with van der Waals surface area (Å²) in [7, 11) is -3.43. The topological polar surface area (TPSA) is 154 Å². The SMILES string of the molecule is C=C(C(=O)c1cc(N(CC)COCNc2cccc(-n3[nH]nnc3=S)c2)ccc1O)c1ccc(NS(C)(=O)=O)cc1. The second-order valence-electron chi connectivity index (χ2n) is 8.94. The van der Waals surface area contributed by atoms with Gasteiger partial charge in [-0.1, -0.05) is 35.1 Å². The first kappa shape index (κ1) is 29.5. The van der Waals surface area contributed by atoms with Crippen LogP contribution >= 0.6 is 12.2 Å². The molecule has 4 aromatic rings. The number of phenolic OH excluding ortho intramolecular Hbond substituents is 1. The van der Waals surface area contributed by atoms with Gasteiger partial charge in [0, 0.05) is 29.2 Å². The second-order valence-corrected chi connectivity index (χ2v) is 11.1. The van der Waals surface area contributed by atoms with Crippen LogP contribution in [0.5, 0.6) is 5.75 Å². The van der Waals surface area contributed by atoms with E-state index >= 15 is 0 Å². The van der Waals surface area contributed by atoms with Crippen molar-refractivity contribution < 1.29 is 23.1 Å². The van der Waals surface area contributed by atoms with Gasteiger partial charge >= 0.3 is 0 Å². The number of allylic oxidation sites excluding steroid dienone is 1. The molecular formula is C27H29N7O5S2. The Bertz CT molecular complexity index is 1720. The van der Waals surface area contributed by atoms with E-state index in [1.807, 2.05) is 36.1 Å². The monoisotopic (exact) mass is 595 g/mol. The molecule has 41 heavy (non-hydrogen) atoms. The zero-order valence-corrected chi connectivity index (χ0v) is 24.0. The number of rotatable bonds is 13. The Hall–Kier alpha value is -4.53. The third-order valence-electron chi connectivity index (χ3n) is 5.98. The maximum Gasteiger partial charge on any atom is 0.242 e. The normalized spacial score (nSPS) is 11.2. The van der Waals surface area contributed by atoms with Crippen LogP contribution in [-0.2, 0) is 14.8 Å². The summed E-state index contributed by atoms with van der Waals surface area (Å²) >= 11 is 5.14. The summed E-state index contributed by atoms with van der Waals surface area (Å²) in [5.41, 5.74) is 3.35. The maximum absolute atomic E-state index is 13.2. The highest BCUT2D eigenvalue weighted by atomic mass is 32.2. The molecule has 0 fully saturated rings. The molecule has 1 aromatic heterocycles. The molecular weight excluding hydrogens is 566 g/mol. The fraction of sp³-hybridized carbons (Fsp3) is 0.185. The summed E-state index contributed by atoms with van der Waals surface area (Å²) in [4.78, 5) is 15.1. The number of tetrazole rings is 1. The number of ether oxygens (including phenoxy) is 1. The van der Waals surface area contributed by atoms with Crippen LogP contribution in [0.25, 0.3) is 11.3 Å². The second kappa shape index (κ2) is 12.8. The van der Waals surface area contributed by atoms with E-state index in [1.54, 1.807) is 28.9 Å². The number of phenols is 1. The van der Waals surface area contributed by atoms with Gasteiger partial charge < -0.3 is 20.1 Å². The lowest BCUT2D eigenvalue weighted by Gasteiger charge is -2.24. The van der Waals surface area contributed by atoms with Crippen LogP contribution in [-0.4, -0.2) is 65.8 Å². The average molecular weight is 596 g/mol. The number of Topliss-reactive ketones (excluding diaryl/α,β-unsaturated/α-hetero) is 1. The molecule has 214 valence electrons. The van der Waals surface area contributed by atoms with Gasteiger partial charge in [0.1, 0.15) is 19.2 Å². The molecule has 1 heterocycles. The van der Waals surface area contributed by atoms with E-state index in [9.17, 15) is 18.3 Å². The molecule has 0 aliphatic heterocycles. The first-order valence-corrected chi connectivity index (χ1v) is 14.7. The third-order valence-corrected chi connectivity index (χ3v) is 6.85. The Balaban J connectivity index is 1.39. The Morgan fingerprint density at radius 3 is 2.56 bits per heavy atom. The van der Waals surface area contributed by atoms with Crippen molar-refractivity contribution >= 4 is 50.7 Å². The van der Waals surface area contributed by atoms with Crippen molar-refractivity contribution in [2.24, 2.45) is 0 Å². The van der Waals surface area contributed by atoms with Crippen LogP contribution in [0.1, 0.15) is 22.8 Å². The van der Waals surface area contributed by atoms with E-state index in [2.05, 4.69) is 32.1 Å². The Morgan fingerprint density at radius 2 is 1.90 bits per heavy atom. The highest BCUT2D eigenvalue weighted by molar-refractivity contribution is 7.92. The van der Waals surface area contributed by atoms with Crippen molar-refractivity contribution in [1.29, 1.82) is 0 Å². The van der Waals surface area contributed by atoms with Crippen LogP contribution in [0.15, 0.2) is 73.3 Å². The van der Waals surface area contributed by atoms with Gasteiger partial charge in [-0.15, -0.1) is 0 Å². The molecule has 0 amide bonds. The van der Waals surface area contributed by atoms with Crippen molar-refractivity contribution in [3.05, 3.63) is 89.2 Å². The molecule has 0 saturated heterocycles. The molecule has 0 radical (unpaired) electrons. The third kappa shape index (κ3) is 7.57. The van der Waals surface area contributed by atoms with Crippen molar-refractivity contribution in [2.45, 2.75) is 6.92 Å². The van der Waals surface area contributed by atoms with Crippen molar-refractivity contribution in [3.63, 3.8) is 0 Å². The lowest BCUT2D eigenvalue weighted by atomic mass is 9.97. The Morgan fingerprint density at radius 1 is 1.15 bits per heavy atom. The van der Waals surface area contributed by atoms with Gasteiger partial charge in [0.2, 0.25) is 14.8 Å². The average Bonchev–Trinajstić information content (AvgIpc) is 3.38. The minimum Gasteiger partial charge on any atom is -0.507 e. The van der Waals surface area contributed by atoms with E-state index in [4.69, 9.17) is 17.0 Å². The van der Waals surface area contributed by atoms with Crippen molar-refractivity contribution in [2.75, 3.05) is 41.2 Å². The van der Waals surface area contributed by atoms with Crippen LogP contribution in [0.3, 0.4) is 0 Å². The van der Waals surface area contributed by atoms with Crippen LogP contribution < -0.4 is 14.9 Å². The molecule has 3 aromatic carbocycles. The van der Waals surface area contributed by atoms with Gasteiger partial charge in [0.25, 0.3) is 0 Å². The predicted octanol–water partition coefficient (Wildman–Crippen LogP) is 4.17. The molecule has 0 bridgehead atoms. The molecule has 0 saturated carbocycles. The minimum atomic E-state index is -3.43. The summed E-state index contributed by atoms with van der Waals surface area (Å²) < 4.78 is 33.0. The molecule has 0 aliphatic rings. The molecule has 4 rings (SSSR count). The number of aromatic amines is 1. The van der Waals surface area contributed by atoms with Crippen molar-refractivity contribution in [3.8, 4) is 11.4 Å². The van der Waals surface area contributed by atoms with Crippen LogP contribution in [0.4, 0.5) is 17.1 Å². The number of nitrogens with one attached hydrogen (secondary N) is 3. The molecule has 0 unspecified atom stereocenters. The fourth-order valence-corrected chi connectivity index (χ4v) is 4.66. The standard InChI is InChI=1S/C27H29N7O5S2/c1-4-33(17-39-16-28-21-6-5-7-23(14-21)34-27(40)29-31-32-34)22-12-13-25(35)24(15-22)26(36)18(2)19-8-10-20(11-9-19)30-41(3,37)38/h5-15,28,30,35H,2,4,16-17H2,1,3H3,(H,29,32,40). The number of carbonyl (C=O) groups excluding carboxylic acids is 1. The summed E-state index contributed by atoms with van der Waals surface area (Å²) in [6.45, 7) is 6.84. The summed E-state index contributed by atoms with van der Waals surface area (Å²) in [5, 5.41) is 23.8. The number of ketones is 1. The lowest BCUT2D eigenvalue weighted by molar-refractivity contribution is 0.105. The number of benzene rings is 3. The maximum atomic E-state index is 13.2. The number of carbonyl (C=O) groups is 1. The first-order valence-electron chi connectivity index (χ1n) is 12.4. The number of nitrogens with zero attached hydrogens (tertiary/aromatic N) is 4. The quantitative estimate of drug-likeness (QED) is 0.0582. The summed E-state index contributed by atoms with van der Waals surface area (Å²) in [6, 6.07) is 18.5. The molecule has 0 atom stereocenters. The first-order chi connectivity index (χ1) is 19.6. The van der Waals surface area contributed by atoms with Gasteiger partial charge in [0.05, 0.1) is 17.5 Å². The number of hydrogen-bond donors (Lipinski definition) is 4. The molecule has 12 nitrogen and oxygen atoms in total. The summed E-state index contributed by atoms with van der Waals surface area (Å²) in [6.07, 6.45) is 1.05. The highest BCUT2D eigenvalue weighted by Crippen LogP contribution is 2.29. The largest absolute Gasteiger partial charge is 0.507 e. The number of H-pyrrole nitrogens is 1. The molecule has 14 heteroatoms.